The van der Waals surface area contributed by atoms with Crippen molar-refractivity contribution >= 4 is 0 Å². The Bertz CT molecular complexity index is 170. The van der Waals surface area contributed by atoms with E-state index in [1.165, 1.54) is 0 Å². The lowest BCUT2D eigenvalue weighted by Gasteiger charge is -2.21. The molecule has 0 spiro atoms. The van der Waals surface area contributed by atoms with Crippen LogP contribution >= 0.6 is 0 Å². The molecule has 0 aromatic rings. The summed E-state index contributed by atoms with van der Waals surface area (Å²) in [5.74, 6) is 0. The molecule has 0 amide bonds. The molecule has 0 unspecified atom stereocenters. The second-order valence-corrected chi connectivity index (χ2v) is 3.96. The zero-order chi connectivity index (χ0) is 11.1. The van der Waals surface area contributed by atoms with Gasteiger partial charge >= 0.3 is 0 Å². The lowest BCUT2D eigenvalue weighted by Crippen LogP contribution is -2.34. The molecule has 90 valence electrons. The Morgan fingerprint density at radius 2 is 1.73 bits per heavy atom. The van der Waals surface area contributed by atoms with Gasteiger partial charge in [0.1, 0.15) is 0 Å². The van der Waals surface area contributed by atoms with Gasteiger partial charge in [-0.1, -0.05) is 0 Å². The van der Waals surface area contributed by atoms with Gasteiger partial charge in [-0.2, -0.15) is 0 Å². The average molecular weight is 222 g/mol. The van der Waals surface area contributed by atoms with Crippen LogP contribution in [-0.4, -0.2) is 67.2 Å². The molecule has 1 fully saturated rings. The highest BCUT2D eigenvalue weighted by molar-refractivity contribution is 4.70. The smallest absolute Gasteiger partial charge is 0.251 e. The van der Waals surface area contributed by atoms with Crippen molar-refractivity contribution in [3.63, 3.8) is 0 Å². The molecule has 1 heterocycles. The first kappa shape index (κ1) is 12.8. The van der Waals surface area contributed by atoms with E-state index in [0.29, 0.717) is 0 Å². The van der Waals surface area contributed by atoms with E-state index in [4.69, 9.17) is 5.11 Å². The third-order valence-electron chi connectivity index (χ3n) is 2.71. The van der Waals surface area contributed by atoms with Crippen LogP contribution in [0.2, 0.25) is 0 Å². The number of aliphatic hydroxyl groups is 1. The van der Waals surface area contributed by atoms with Gasteiger partial charge < -0.3 is 10.0 Å². The lowest BCUT2D eigenvalue weighted by atomic mass is 10.3. The van der Waals surface area contributed by atoms with E-state index in [-0.39, 0.29) is 13.2 Å². The Kier molecular flexibility index (Phi) is 6.05. The van der Waals surface area contributed by atoms with Crippen molar-refractivity contribution in [1.29, 1.82) is 0 Å². The number of rotatable bonds is 5. The van der Waals surface area contributed by atoms with Crippen molar-refractivity contribution < 1.29 is 13.9 Å². The van der Waals surface area contributed by atoms with Crippen LogP contribution in [0.25, 0.3) is 0 Å². The quantitative estimate of drug-likeness (QED) is 0.739. The van der Waals surface area contributed by atoms with Crippen LogP contribution in [0.5, 0.6) is 0 Å². The highest BCUT2D eigenvalue weighted by Gasteiger charge is 2.16. The summed E-state index contributed by atoms with van der Waals surface area (Å²) in [6.07, 6.45) is -0.513. The van der Waals surface area contributed by atoms with Crippen molar-refractivity contribution in [2.45, 2.75) is 19.3 Å². The predicted octanol–water partition coefficient (Wildman–Crippen LogP) is 0.642. The summed E-state index contributed by atoms with van der Waals surface area (Å²) in [5, 5.41) is 8.70. The van der Waals surface area contributed by atoms with Gasteiger partial charge in [0.2, 0.25) is 0 Å². The Hall–Kier alpha value is -0.260. The van der Waals surface area contributed by atoms with E-state index >= 15 is 0 Å². The number of hydrogen-bond donors (Lipinski definition) is 1. The summed E-state index contributed by atoms with van der Waals surface area (Å²) < 4.78 is 24.3. The normalized spacial score (nSPS) is 20.8. The van der Waals surface area contributed by atoms with Crippen LogP contribution in [0.1, 0.15) is 12.8 Å². The van der Waals surface area contributed by atoms with Crippen molar-refractivity contribution in [1.82, 2.24) is 9.80 Å². The maximum atomic E-state index is 12.2. The van der Waals surface area contributed by atoms with Crippen LogP contribution in [0, 0.1) is 0 Å². The van der Waals surface area contributed by atoms with E-state index in [1.807, 2.05) is 4.90 Å². The molecule has 1 N–H and O–H groups in total. The van der Waals surface area contributed by atoms with Gasteiger partial charge in [0.15, 0.2) is 0 Å². The number of nitrogens with zero attached hydrogens (tertiary/aromatic N) is 2. The van der Waals surface area contributed by atoms with Gasteiger partial charge in [-0.05, 0) is 25.9 Å². The molecule has 15 heavy (non-hydrogen) atoms. The molecular formula is C10H20F2N2O. The van der Waals surface area contributed by atoms with E-state index < -0.39 is 6.43 Å². The van der Waals surface area contributed by atoms with E-state index in [1.54, 1.807) is 0 Å². The fourth-order valence-electron chi connectivity index (χ4n) is 1.92. The summed E-state index contributed by atoms with van der Waals surface area (Å²) in [4.78, 5) is 4.06. The Labute approximate surface area is 89.7 Å². The maximum Gasteiger partial charge on any atom is 0.251 e. The Morgan fingerprint density at radius 1 is 1.07 bits per heavy atom. The van der Waals surface area contributed by atoms with Crippen LogP contribution in [-0.2, 0) is 0 Å². The van der Waals surface area contributed by atoms with E-state index in [2.05, 4.69) is 4.90 Å². The molecule has 0 saturated carbocycles. The van der Waals surface area contributed by atoms with Crippen molar-refractivity contribution in [3.05, 3.63) is 0 Å². The molecule has 1 saturated heterocycles. The van der Waals surface area contributed by atoms with Gasteiger partial charge in [0, 0.05) is 26.2 Å². The molecule has 0 aliphatic carbocycles. The largest absolute Gasteiger partial charge is 0.396 e. The predicted molar refractivity (Wildman–Crippen MR) is 55.2 cm³/mol. The minimum atomic E-state index is -2.23. The molecule has 0 aromatic carbocycles. The first-order valence-corrected chi connectivity index (χ1v) is 5.56. The van der Waals surface area contributed by atoms with Gasteiger partial charge in [0.05, 0.1) is 6.54 Å². The average Bonchev–Trinajstić information content (AvgIpc) is 2.40. The van der Waals surface area contributed by atoms with Crippen molar-refractivity contribution in [2.75, 3.05) is 45.9 Å². The molecule has 1 aliphatic rings. The minimum Gasteiger partial charge on any atom is -0.396 e. The fraction of sp³-hybridized carbons (Fsp3) is 1.00. The van der Waals surface area contributed by atoms with Gasteiger partial charge in [-0.15, -0.1) is 0 Å². The Morgan fingerprint density at radius 3 is 2.40 bits per heavy atom. The molecule has 0 aromatic heterocycles. The summed E-state index contributed by atoms with van der Waals surface area (Å²) in [7, 11) is 0. The first-order valence-electron chi connectivity index (χ1n) is 5.56. The van der Waals surface area contributed by atoms with Gasteiger partial charge in [0.25, 0.3) is 6.43 Å². The molecule has 0 bridgehead atoms. The van der Waals surface area contributed by atoms with Crippen LogP contribution < -0.4 is 0 Å². The summed E-state index contributed by atoms with van der Waals surface area (Å²) in [5.41, 5.74) is 0. The van der Waals surface area contributed by atoms with Gasteiger partial charge in [-0.25, -0.2) is 8.78 Å². The molecular weight excluding hydrogens is 202 g/mol. The lowest BCUT2D eigenvalue weighted by molar-refractivity contribution is 0.0897. The molecule has 1 aliphatic heterocycles. The fourth-order valence-corrected chi connectivity index (χ4v) is 1.92. The maximum absolute atomic E-state index is 12.2. The molecule has 5 heteroatoms. The number of aliphatic hydroxyl groups excluding tert-OH is 1. The summed E-state index contributed by atoms with van der Waals surface area (Å²) in [6.45, 7) is 4.26. The monoisotopic (exact) mass is 222 g/mol. The Balaban J connectivity index is 2.22. The van der Waals surface area contributed by atoms with Crippen LogP contribution in [0.4, 0.5) is 8.78 Å². The summed E-state index contributed by atoms with van der Waals surface area (Å²) in [6, 6.07) is 0. The van der Waals surface area contributed by atoms with Crippen molar-refractivity contribution in [3.8, 4) is 0 Å². The SMILES string of the molecule is OCCCN1CCCN(CC(F)F)CC1. The topological polar surface area (TPSA) is 26.7 Å². The zero-order valence-corrected chi connectivity index (χ0v) is 9.04. The third-order valence-corrected chi connectivity index (χ3v) is 2.71. The molecule has 1 rings (SSSR count). The molecule has 0 radical (unpaired) electrons. The van der Waals surface area contributed by atoms with Crippen LogP contribution in [0.15, 0.2) is 0 Å². The number of halogens is 2. The van der Waals surface area contributed by atoms with E-state index in [0.717, 1.165) is 45.6 Å². The third kappa shape index (κ3) is 5.39. The molecule has 0 atom stereocenters. The van der Waals surface area contributed by atoms with E-state index in [9.17, 15) is 8.78 Å². The highest BCUT2D eigenvalue weighted by atomic mass is 19.3. The highest BCUT2D eigenvalue weighted by Crippen LogP contribution is 2.06. The first-order chi connectivity index (χ1) is 7.22. The second-order valence-electron chi connectivity index (χ2n) is 3.96. The zero-order valence-electron chi connectivity index (χ0n) is 9.04. The minimum absolute atomic E-state index is 0.103. The van der Waals surface area contributed by atoms with Crippen LogP contribution in [0.3, 0.4) is 0 Å². The second kappa shape index (κ2) is 7.09. The number of alkyl halides is 2. The van der Waals surface area contributed by atoms with Gasteiger partial charge in [-0.3, -0.25) is 4.90 Å². The standard InChI is InChI=1S/C10H20F2N2O/c11-10(12)9-14-4-1-3-13(6-7-14)5-2-8-15/h10,15H,1-9H2. The summed E-state index contributed by atoms with van der Waals surface area (Å²) >= 11 is 0. The van der Waals surface area contributed by atoms with Crippen molar-refractivity contribution in [2.24, 2.45) is 0 Å². The molecule has 3 nitrogen and oxygen atoms in total. The number of hydrogen-bond acceptors (Lipinski definition) is 3.